The van der Waals surface area contributed by atoms with Crippen LogP contribution in [0.25, 0.3) is 10.9 Å². The van der Waals surface area contributed by atoms with Crippen LogP contribution in [0.2, 0.25) is 0 Å². The van der Waals surface area contributed by atoms with E-state index in [9.17, 15) is 4.79 Å². The molecule has 0 spiro atoms. The van der Waals surface area contributed by atoms with Crippen molar-refractivity contribution in [1.29, 1.82) is 0 Å². The SMILES string of the molecule is CCc1nc2ccccc2c(C(=O)Nc2ccccc2C)c1C. The van der Waals surface area contributed by atoms with Gasteiger partial charge in [-0.1, -0.05) is 43.3 Å². The molecule has 0 saturated carbocycles. The molecular formula is C20H20N2O. The quantitative estimate of drug-likeness (QED) is 0.764. The fourth-order valence-electron chi connectivity index (χ4n) is 2.89. The monoisotopic (exact) mass is 304 g/mol. The second-order valence-electron chi connectivity index (χ2n) is 5.70. The largest absolute Gasteiger partial charge is 0.322 e. The molecule has 1 N–H and O–H groups in total. The Kier molecular flexibility index (Phi) is 4.11. The number of rotatable bonds is 3. The van der Waals surface area contributed by atoms with Crippen LogP contribution in [-0.2, 0) is 6.42 Å². The molecule has 1 aromatic heterocycles. The summed E-state index contributed by atoms with van der Waals surface area (Å²) in [6, 6.07) is 15.6. The van der Waals surface area contributed by atoms with Gasteiger partial charge in [0, 0.05) is 16.8 Å². The lowest BCUT2D eigenvalue weighted by Gasteiger charge is -2.14. The molecule has 0 aliphatic carbocycles. The van der Waals surface area contributed by atoms with Crippen molar-refractivity contribution in [2.75, 3.05) is 5.32 Å². The Morgan fingerprint density at radius 3 is 2.48 bits per heavy atom. The van der Waals surface area contributed by atoms with Crippen LogP contribution in [0.15, 0.2) is 48.5 Å². The summed E-state index contributed by atoms with van der Waals surface area (Å²) in [5.74, 6) is -0.0786. The topological polar surface area (TPSA) is 42.0 Å². The molecule has 0 radical (unpaired) electrons. The van der Waals surface area contributed by atoms with E-state index in [1.54, 1.807) is 0 Å². The van der Waals surface area contributed by atoms with Gasteiger partial charge in [0.1, 0.15) is 0 Å². The molecule has 1 amide bonds. The van der Waals surface area contributed by atoms with Gasteiger partial charge in [0.25, 0.3) is 5.91 Å². The highest BCUT2D eigenvalue weighted by atomic mass is 16.1. The molecule has 23 heavy (non-hydrogen) atoms. The highest BCUT2D eigenvalue weighted by molar-refractivity contribution is 6.13. The summed E-state index contributed by atoms with van der Waals surface area (Å²) in [7, 11) is 0. The van der Waals surface area contributed by atoms with Crippen LogP contribution in [0.1, 0.15) is 34.1 Å². The fraction of sp³-hybridized carbons (Fsp3) is 0.200. The summed E-state index contributed by atoms with van der Waals surface area (Å²) in [5, 5.41) is 3.94. The van der Waals surface area contributed by atoms with E-state index in [2.05, 4.69) is 17.2 Å². The van der Waals surface area contributed by atoms with Gasteiger partial charge < -0.3 is 5.32 Å². The Labute approximate surface area is 136 Å². The van der Waals surface area contributed by atoms with Crippen molar-refractivity contribution in [3.63, 3.8) is 0 Å². The number of carbonyl (C=O) groups excluding carboxylic acids is 1. The molecule has 0 aliphatic heterocycles. The summed E-state index contributed by atoms with van der Waals surface area (Å²) in [4.78, 5) is 17.6. The van der Waals surface area contributed by atoms with Gasteiger partial charge in [-0.3, -0.25) is 9.78 Å². The Bertz CT molecular complexity index is 884. The minimum absolute atomic E-state index is 0.0786. The molecule has 0 fully saturated rings. The van der Waals surface area contributed by atoms with E-state index in [-0.39, 0.29) is 5.91 Å². The first-order valence-corrected chi connectivity index (χ1v) is 7.87. The molecule has 116 valence electrons. The van der Waals surface area contributed by atoms with Gasteiger partial charge in [-0.25, -0.2) is 0 Å². The van der Waals surface area contributed by atoms with E-state index in [0.29, 0.717) is 0 Å². The third-order valence-corrected chi connectivity index (χ3v) is 4.19. The second-order valence-corrected chi connectivity index (χ2v) is 5.70. The van der Waals surface area contributed by atoms with Crippen molar-refractivity contribution in [2.24, 2.45) is 0 Å². The molecule has 0 bridgehead atoms. The second kappa shape index (κ2) is 6.21. The lowest BCUT2D eigenvalue weighted by molar-refractivity contribution is 0.102. The van der Waals surface area contributed by atoms with E-state index in [1.807, 2.05) is 62.4 Å². The van der Waals surface area contributed by atoms with E-state index < -0.39 is 0 Å². The van der Waals surface area contributed by atoms with Crippen LogP contribution in [0, 0.1) is 13.8 Å². The number of nitrogens with one attached hydrogen (secondary N) is 1. The van der Waals surface area contributed by atoms with Crippen molar-refractivity contribution < 1.29 is 4.79 Å². The minimum atomic E-state index is -0.0786. The number of carbonyl (C=O) groups is 1. The van der Waals surface area contributed by atoms with E-state index in [0.717, 1.165) is 45.4 Å². The van der Waals surface area contributed by atoms with Gasteiger partial charge in [-0.15, -0.1) is 0 Å². The predicted octanol–water partition coefficient (Wildman–Crippen LogP) is 4.67. The van der Waals surface area contributed by atoms with Crippen molar-refractivity contribution in [3.05, 3.63) is 70.9 Å². The lowest BCUT2D eigenvalue weighted by atomic mass is 9.99. The molecule has 0 aliphatic rings. The maximum atomic E-state index is 12.9. The van der Waals surface area contributed by atoms with Gasteiger partial charge in [0.15, 0.2) is 0 Å². The van der Waals surface area contributed by atoms with Crippen molar-refractivity contribution in [1.82, 2.24) is 4.98 Å². The van der Waals surface area contributed by atoms with Gasteiger partial charge in [-0.05, 0) is 43.5 Å². The Morgan fingerprint density at radius 1 is 1.04 bits per heavy atom. The van der Waals surface area contributed by atoms with E-state index >= 15 is 0 Å². The minimum Gasteiger partial charge on any atom is -0.322 e. The van der Waals surface area contributed by atoms with Crippen LogP contribution >= 0.6 is 0 Å². The smallest absolute Gasteiger partial charge is 0.256 e. The summed E-state index contributed by atoms with van der Waals surface area (Å²) in [5.41, 5.74) is 5.40. The number of aromatic nitrogens is 1. The standard InChI is InChI=1S/C20H20N2O/c1-4-16-14(3)19(15-10-6-8-12-18(15)21-16)20(23)22-17-11-7-5-9-13(17)2/h5-12H,4H2,1-3H3,(H,22,23). The summed E-state index contributed by atoms with van der Waals surface area (Å²) in [6.07, 6.45) is 0.807. The summed E-state index contributed by atoms with van der Waals surface area (Å²) >= 11 is 0. The molecule has 2 aromatic carbocycles. The number of pyridine rings is 1. The van der Waals surface area contributed by atoms with Crippen LogP contribution in [0.3, 0.4) is 0 Å². The maximum Gasteiger partial charge on any atom is 0.256 e. The fourth-order valence-corrected chi connectivity index (χ4v) is 2.89. The molecule has 0 saturated heterocycles. The predicted molar refractivity (Wildman–Crippen MR) is 95.0 cm³/mol. The molecule has 0 unspecified atom stereocenters. The highest BCUT2D eigenvalue weighted by Gasteiger charge is 2.17. The zero-order valence-electron chi connectivity index (χ0n) is 13.7. The van der Waals surface area contributed by atoms with Gasteiger partial charge in [0.05, 0.1) is 11.1 Å². The summed E-state index contributed by atoms with van der Waals surface area (Å²) in [6.45, 7) is 6.03. The summed E-state index contributed by atoms with van der Waals surface area (Å²) < 4.78 is 0. The van der Waals surface area contributed by atoms with Gasteiger partial charge in [-0.2, -0.15) is 0 Å². The number of hydrogen-bond acceptors (Lipinski definition) is 2. The van der Waals surface area contributed by atoms with Gasteiger partial charge in [0.2, 0.25) is 0 Å². The Hall–Kier alpha value is -2.68. The molecule has 0 atom stereocenters. The molecule has 3 aromatic rings. The maximum absolute atomic E-state index is 12.9. The number of nitrogens with zero attached hydrogens (tertiary/aromatic N) is 1. The molecule has 3 heteroatoms. The van der Waals surface area contributed by atoms with Crippen molar-refractivity contribution >= 4 is 22.5 Å². The number of amides is 1. The van der Waals surface area contributed by atoms with Crippen molar-refractivity contribution in [3.8, 4) is 0 Å². The zero-order chi connectivity index (χ0) is 16.4. The molecule has 3 nitrogen and oxygen atoms in total. The highest BCUT2D eigenvalue weighted by Crippen LogP contribution is 2.25. The number of para-hydroxylation sites is 2. The van der Waals surface area contributed by atoms with E-state index in [4.69, 9.17) is 0 Å². The van der Waals surface area contributed by atoms with E-state index in [1.165, 1.54) is 0 Å². The first-order valence-electron chi connectivity index (χ1n) is 7.87. The number of aryl methyl sites for hydroxylation is 2. The number of benzene rings is 2. The zero-order valence-corrected chi connectivity index (χ0v) is 13.7. The first-order chi connectivity index (χ1) is 11.1. The van der Waals surface area contributed by atoms with Crippen LogP contribution in [0.4, 0.5) is 5.69 Å². The number of fused-ring (bicyclic) bond motifs is 1. The third-order valence-electron chi connectivity index (χ3n) is 4.19. The average molecular weight is 304 g/mol. The number of anilines is 1. The molecular weight excluding hydrogens is 284 g/mol. The van der Waals surface area contributed by atoms with Crippen LogP contribution < -0.4 is 5.32 Å². The third kappa shape index (κ3) is 2.82. The van der Waals surface area contributed by atoms with Crippen molar-refractivity contribution in [2.45, 2.75) is 27.2 Å². The van der Waals surface area contributed by atoms with Gasteiger partial charge >= 0.3 is 0 Å². The average Bonchev–Trinajstić information content (AvgIpc) is 2.56. The Morgan fingerprint density at radius 2 is 1.74 bits per heavy atom. The normalized spacial score (nSPS) is 10.7. The lowest BCUT2D eigenvalue weighted by Crippen LogP contribution is -2.16. The van der Waals surface area contributed by atoms with Crippen LogP contribution in [-0.4, -0.2) is 10.9 Å². The molecule has 3 rings (SSSR count). The Balaban J connectivity index is 2.13. The first kappa shape index (κ1) is 15.2. The number of hydrogen-bond donors (Lipinski definition) is 1. The molecule has 1 heterocycles. The van der Waals surface area contributed by atoms with Crippen LogP contribution in [0.5, 0.6) is 0 Å².